The molecular formula is C32H42F2N2O3. The minimum Gasteiger partial charge on any atom is -0.444 e. The summed E-state index contributed by atoms with van der Waals surface area (Å²) in [7, 11) is 0. The van der Waals surface area contributed by atoms with Crippen molar-refractivity contribution in [2.75, 3.05) is 6.54 Å². The first kappa shape index (κ1) is 30.5. The van der Waals surface area contributed by atoms with Gasteiger partial charge in [0.25, 0.3) is 0 Å². The fourth-order valence-electron chi connectivity index (χ4n) is 4.74. The Morgan fingerprint density at radius 2 is 1.85 bits per heavy atom. The number of aliphatic hydroxyl groups excluding tert-OH is 1. The Kier molecular flexibility index (Phi) is 10.8. The highest BCUT2D eigenvalue weighted by Crippen LogP contribution is 2.27. The van der Waals surface area contributed by atoms with Crippen molar-refractivity contribution in [3.8, 4) is 11.1 Å². The summed E-state index contributed by atoms with van der Waals surface area (Å²) >= 11 is 0. The fraction of sp³-hybridized carbons (Fsp3) is 0.469. The van der Waals surface area contributed by atoms with Gasteiger partial charge in [-0.3, -0.25) is 0 Å². The Morgan fingerprint density at radius 1 is 1.13 bits per heavy atom. The van der Waals surface area contributed by atoms with Crippen LogP contribution in [0.1, 0.15) is 58.6 Å². The first-order valence-corrected chi connectivity index (χ1v) is 13.7. The van der Waals surface area contributed by atoms with Crippen LogP contribution in [-0.2, 0) is 17.7 Å². The number of ether oxygens (including phenoxy) is 1. The second kappa shape index (κ2) is 13.9. The van der Waals surface area contributed by atoms with Gasteiger partial charge in [-0.05, 0) is 73.9 Å². The molecule has 1 amide bonds. The second-order valence-corrected chi connectivity index (χ2v) is 11.7. The molecule has 2 aromatic carbocycles. The third-order valence-corrected chi connectivity index (χ3v) is 6.36. The Balaban J connectivity index is 1.74. The summed E-state index contributed by atoms with van der Waals surface area (Å²) in [5.41, 5.74) is 4.32. The van der Waals surface area contributed by atoms with E-state index in [-0.39, 0.29) is 19.4 Å². The van der Waals surface area contributed by atoms with E-state index in [1.54, 1.807) is 20.8 Å². The topological polar surface area (TPSA) is 70.6 Å². The van der Waals surface area contributed by atoms with Crippen molar-refractivity contribution in [1.82, 2.24) is 10.6 Å². The second-order valence-electron chi connectivity index (χ2n) is 11.7. The molecule has 0 saturated heterocycles. The third-order valence-electron chi connectivity index (χ3n) is 6.36. The molecule has 0 aliphatic heterocycles. The van der Waals surface area contributed by atoms with Crippen molar-refractivity contribution in [3.05, 3.63) is 83.2 Å². The Bertz CT molecular complexity index is 1160. The van der Waals surface area contributed by atoms with Crippen LogP contribution in [0.3, 0.4) is 0 Å². The van der Waals surface area contributed by atoms with Crippen LogP contribution in [-0.4, -0.2) is 41.7 Å². The van der Waals surface area contributed by atoms with E-state index in [0.29, 0.717) is 18.0 Å². The van der Waals surface area contributed by atoms with E-state index >= 15 is 0 Å². The maximum Gasteiger partial charge on any atom is 0.407 e. The van der Waals surface area contributed by atoms with Gasteiger partial charge in [0.2, 0.25) is 0 Å². The van der Waals surface area contributed by atoms with Crippen molar-refractivity contribution >= 4 is 6.09 Å². The fourth-order valence-corrected chi connectivity index (χ4v) is 4.74. The lowest BCUT2D eigenvalue weighted by Gasteiger charge is -2.28. The van der Waals surface area contributed by atoms with Crippen LogP contribution in [0.15, 0.2) is 72.1 Å². The zero-order valence-corrected chi connectivity index (χ0v) is 23.6. The van der Waals surface area contributed by atoms with E-state index in [2.05, 4.69) is 54.8 Å². The molecule has 0 radical (unpaired) electrons. The number of rotatable bonds is 11. The van der Waals surface area contributed by atoms with Crippen LogP contribution in [0.4, 0.5) is 13.6 Å². The molecule has 3 atom stereocenters. The first-order valence-electron chi connectivity index (χ1n) is 13.7. The molecule has 212 valence electrons. The SMILES string of the molecule is CC(C)Cc1ccc(-c2ccccc2)c(CNCC(O)C(CC2=CC(F)=CC(F)C2)NC(=O)OC(C)(C)C)c1. The molecule has 0 fully saturated rings. The minimum absolute atomic E-state index is 0.0170. The van der Waals surface area contributed by atoms with Crippen LogP contribution in [0.25, 0.3) is 11.1 Å². The maximum absolute atomic E-state index is 14.0. The summed E-state index contributed by atoms with van der Waals surface area (Å²) in [5.74, 6) is -0.130. The Labute approximate surface area is 231 Å². The summed E-state index contributed by atoms with van der Waals surface area (Å²) in [5, 5.41) is 17.1. The molecule has 5 nitrogen and oxygen atoms in total. The number of aliphatic hydroxyl groups is 1. The van der Waals surface area contributed by atoms with Gasteiger partial charge in [-0.2, -0.15) is 0 Å². The normalized spacial score (nSPS) is 17.3. The molecule has 0 heterocycles. The largest absolute Gasteiger partial charge is 0.444 e. The van der Waals surface area contributed by atoms with Gasteiger partial charge in [-0.15, -0.1) is 0 Å². The number of hydrogen-bond acceptors (Lipinski definition) is 4. The number of amides is 1. The van der Waals surface area contributed by atoms with E-state index in [4.69, 9.17) is 4.74 Å². The predicted molar refractivity (Wildman–Crippen MR) is 153 cm³/mol. The van der Waals surface area contributed by atoms with Crippen LogP contribution in [0.2, 0.25) is 0 Å². The summed E-state index contributed by atoms with van der Waals surface area (Å²) in [6.07, 6.45) is 0.126. The molecule has 0 saturated carbocycles. The van der Waals surface area contributed by atoms with E-state index < -0.39 is 35.8 Å². The first-order chi connectivity index (χ1) is 18.4. The molecule has 3 rings (SSSR count). The van der Waals surface area contributed by atoms with E-state index in [1.165, 1.54) is 11.6 Å². The zero-order valence-electron chi connectivity index (χ0n) is 23.6. The lowest BCUT2D eigenvalue weighted by Crippen LogP contribution is -2.49. The predicted octanol–water partition coefficient (Wildman–Crippen LogP) is 6.81. The summed E-state index contributed by atoms with van der Waals surface area (Å²) in [6.45, 7) is 10.3. The Hall–Kier alpha value is -3.03. The van der Waals surface area contributed by atoms with Crippen molar-refractivity contribution in [3.63, 3.8) is 0 Å². The van der Waals surface area contributed by atoms with Gasteiger partial charge in [0, 0.05) is 19.5 Å². The minimum atomic E-state index is -1.43. The molecular weight excluding hydrogens is 498 g/mol. The molecule has 1 aliphatic rings. The van der Waals surface area contributed by atoms with E-state index in [0.717, 1.165) is 29.2 Å². The van der Waals surface area contributed by atoms with E-state index in [9.17, 15) is 18.7 Å². The van der Waals surface area contributed by atoms with E-state index in [1.807, 2.05) is 18.2 Å². The zero-order chi connectivity index (χ0) is 28.6. The molecule has 0 bridgehead atoms. The number of carbonyl (C=O) groups is 1. The van der Waals surface area contributed by atoms with Crippen molar-refractivity contribution in [2.24, 2.45) is 5.92 Å². The number of hydrogen-bond donors (Lipinski definition) is 3. The van der Waals surface area contributed by atoms with Gasteiger partial charge in [0.1, 0.15) is 17.6 Å². The quantitative estimate of drug-likeness (QED) is 0.293. The smallest absolute Gasteiger partial charge is 0.407 e. The van der Waals surface area contributed by atoms with Gasteiger partial charge in [-0.25, -0.2) is 13.6 Å². The van der Waals surface area contributed by atoms with Crippen molar-refractivity contribution < 1.29 is 23.4 Å². The summed E-state index contributed by atoms with van der Waals surface area (Å²) < 4.78 is 33.2. The average Bonchev–Trinajstić information content (AvgIpc) is 2.82. The highest BCUT2D eigenvalue weighted by molar-refractivity contribution is 5.68. The molecule has 3 unspecified atom stereocenters. The summed E-state index contributed by atoms with van der Waals surface area (Å²) in [4.78, 5) is 12.5. The number of benzene rings is 2. The van der Waals surface area contributed by atoms with Crippen LogP contribution in [0, 0.1) is 5.92 Å². The Morgan fingerprint density at radius 3 is 2.49 bits per heavy atom. The number of allylic oxidation sites excluding steroid dienone is 3. The highest BCUT2D eigenvalue weighted by atomic mass is 19.1. The molecule has 7 heteroatoms. The van der Waals surface area contributed by atoms with Gasteiger partial charge in [0.15, 0.2) is 0 Å². The van der Waals surface area contributed by atoms with Gasteiger partial charge in [-0.1, -0.05) is 68.0 Å². The number of alkyl carbamates (subject to hydrolysis) is 1. The number of carbonyl (C=O) groups excluding carboxylic acids is 1. The molecule has 3 N–H and O–H groups in total. The molecule has 0 aromatic heterocycles. The van der Waals surface area contributed by atoms with Crippen LogP contribution < -0.4 is 10.6 Å². The third kappa shape index (κ3) is 10.2. The monoisotopic (exact) mass is 540 g/mol. The van der Waals surface area contributed by atoms with Gasteiger partial charge in [0.05, 0.1) is 12.1 Å². The lowest BCUT2D eigenvalue weighted by molar-refractivity contribution is 0.0421. The lowest BCUT2D eigenvalue weighted by atomic mass is 9.93. The highest BCUT2D eigenvalue weighted by Gasteiger charge is 2.27. The standard InChI is InChI=1S/C32H42F2N2O3/c1-21(2)13-22-11-12-28(24-9-7-6-8-10-24)25(14-22)19-35-20-30(37)29(36-31(38)39-32(3,4)5)17-23-15-26(33)18-27(34)16-23/h6-12,14-15,18,21,27,29-30,35,37H,13,16-17,19-20H2,1-5H3,(H,36,38). The van der Waals surface area contributed by atoms with Crippen molar-refractivity contribution in [1.29, 1.82) is 0 Å². The van der Waals surface area contributed by atoms with Crippen molar-refractivity contribution in [2.45, 2.75) is 84.3 Å². The molecule has 1 aliphatic carbocycles. The number of alkyl halides is 1. The van der Waals surface area contributed by atoms with Crippen LogP contribution >= 0.6 is 0 Å². The van der Waals surface area contributed by atoms with Gasteiger partial charge < -0.3 is 20.5 Å². The molecule has 2 aromatic rings. The maximum atomic E-state index is 14.0. The average molecular weight is 541 g/mol. The molecule has 0 spiro atoms. The van der Waals surface area contributed by atoms with Crippen LogP contribution in [0.5, 0.6) is 0 Å². The number of halogens is 2. The summed E-state index contributed by atoms with van der Waals surface area (Å²) in [6, 6.07) is 15.8. The molecule has 39 heavy (non-hydrogen) atoms. The number of nitrogens with one attached hydrogen (secondary N) is 2. The van der Waals surface area contributed by atoms with Gasteiger partial charge >= 0.3 is 6.09 Å².